The van der Waals surface area contributed by atoms with Crippen LogP contribution in [-0.2, 0) is 4.79 Å². The lowest BCUT2D eigenvalue weighted by molar-refractivity contribution is -0.135. The van der Waals surface area contributed by atoms with Crippen LogP contribution in [-0.4, -0.2) is 22.9 Å². The van der Waals surface area contributed by atoms with Crippen LogP contribution in [0.25, 0.3) is 0 Å². The fourth-order valence-electron chi connectivity index (χ4n) is 2.07. The Balaban J connectivity index is 2.06. The van der Waals surface area contributed by atoms with E-state index in [1.54, 1.807) is 0 Å². The van der Waals surface area contributed by atoms with E-state index >= 15 is 0 Å². The van der Waals surface area contributed by atoms with E-state index in [-0.39, 0.29) is 5.54 Å². The number of hydrogen-bond acceptors (Lipinski definition) is 1. The number of carbonyl (C=O) groups excluding carboxylic acids is 1. The molecule has 1 aliphatic carbocycles. The second kappa shape index (κ2) is 2.48. The molecule has 0 aromatic carbocycles. The summed E-state index contributed by atoms with van der Waals surface area (Å²) in [5.74, 6) is 0.805. The van der Waals surface area contributed by atoms with Crippen molar-refractivity contribution in [2.45, 2.75) is 45.1 Å². The number of amides is 1. The van der Waals surface area contributed by atoms with Crippen LogP contribution in [0.15, 0.2) is 0 Å². The Kier molecular flexibility index (Phi) is 1.67. The number of rotatable bonds is 1. The van der Waals surface area contributed by atoms with Crippen molar-refractivity contribution in [3.63, 3.8) is 0 Å². The monoisotopic (exact) mass is 167 g/mol. The summed E-state index contributed by atoms with van der Waals surface area (Å²) >= 11 is 0. The SMILES string of the molecule is CC1(C)CCCN1C(=O)C1CC1. The van der Waals surface area contributed by atoms with E-state index in [2.05, 4.69) is 18.7 Å². The van der Waals surface area contributed by atoms with Gasteiger partial charge < -0.3 is 4.90 Å². The summed E-state index contributed by atoms with van der Waals surface area (Å²) in [7, 11) is 0. The second-order valence-corrected chi connectivity index (χ2v) is 4.68. The lowest BCUT2D eigenvalue weighted by Crippen LogP contribution is -2.43. The molecular weight excluding hydrogens is 150 g/mol. The summed E-state index contributed by atoms with van der Waals surface area (Å²) < 4.78 is 0. The molecular formula is C10H17NO. The Hall–Kier alpha value is -0.530. The zero-order chi connectivity index (χ0) is 8.77. The first kappa shape index (κ1) is 8.09. The average molecular weight is 167 g/mol. The molecule has 0 aromatic rings. The van der Waals surface area contributed by atoms with Crippen LogP contribution in [0.1, 0.15) is 39.5 Å². The van der Waals surface area contributed by atoms with Gasteiger partial charge in [0.05, 0.1) is 0 Å². The summed E-state index contributed by atoms with van der Waals surface area (Å²) in [4.78, 5) is 13.8. The first-order valence-electron chi connectivity index (χ1n) is 4.93. The normalized spacial score (nSPS) is 27.7. The van der Waals surface area contributed by atoms with E-state index in [0.29, 0.717) is 11.8 Å². The molecule has 1 heterocycles. The van der Waals surface area contributed by atoms with E-state index in [1.165, 1.54) is 12.8 Å². The molecule has 1 saturated carbocycles. The van der Waals surface area contributed by atoms with E-state index in [1.807, 2.05) is 0 Å². The maximum absolute atomic E-state index is 11.7. The third-order valence-electron chi connectivity index (χ3n) is 3.09. The highest BCUT2D eigenvalue weighted by molar-refractivity contribution is 5.82. The molecule has 2 nitrogen and oxygen atoms in total. The van der Waals surface area contributed by atoms with Crippen LogP contribution < -0.4 is 0 Å². The van der Waals surface area contributed by atoms with E-state index in [0.717, 1.165) is 19.4 Å². The zero-order valence-electron chi connectivity index (χ0n) is 7.97. The number of nitrogens with zero attached hydrogens (tertiary/aromatic N) is 1. The molecule has 1 aliphatic heterocycles. The molecule has 1 saturated heterocycles. The van der Waals surface area contributed by atoms with Gasteiger partial charge in [-0.1, -0.05) is 0 Å². The van der Waals surface area contributed by atoms with Crippen LogP contribution in [0, 0.1) is 5.92 Å². The molecule has 0 bridgehead atoms. The Bertz CT molecular complexity index is 206. The van der Waals surface area contributed by atoms with Crippen molar-refractivity contribution in [1.82, 2.24) is 4.90 Å². The standard InChI is InChI=1S/C10H17NO/c1-10(2)6-3-7-11(10)9(12)8-4-5-8/h8H,3-7H2,1-2H3. The molecule has 2 aliphatic rings. The van der Waals surface area contributed by atoms with Gasteiger partial charge in [0, 0.05) is 18.0 Å². The summed E-state index contributed by atoms with van der Waals surface area (Å²) in [6.07, 6.45) is 4.62. The molecule has 0 atom stereocenters. The van der Waals surface area contributed by atoms with Crippen LogP contribution in [0.4, 0.5) is 0 Å². The molecule has 0 N–H and O–H groups in total. The summed E-state index contributed by atoms with van der Waals surface area (Å²) in [5, 5.41) is 0. The maximum Gasteiger partial charge on any atom is 0.226 e. The summed E-state index contributed by atoms with van der Waals surface area (Å²) in [5.41, 5.74) is 0.139. The minimum Gasteiger partial charge on any atom is -0.337 e. The molecule has 2 fully saturated rings. The maximum atomic E-state index is 11.7. The molecule has 2 rings (SSSR count). The van der Waals surface area contributed by atoms with Gasteiger partial charge in [-0.3, -0.25) is 4.79 Å². The quantitative estimate of drug-likeness (QED) is 0.583. The molecule has 0 aromatic heterocycles. The first-order chi connectivity index (χ1) is 5.61. The van der Waals surface area contributed by atoms with Crippen molar-refractivity contribution >= 4 is 5.91 Å². The van der Waals surface area contributed by atoms with Crippen LogP contribution in [0.2, 0.25) is 0 Å². The predicted octanol–water partition coefficient (Wildman–Crippen LogP) is 1.80. The van der Waals surface area contributed by atoms with Gasteiger partial charge in [0.2, 0.25) is 5.91 Å². The fourth-order valence-corrected chi connectivity index (χ4v) is 2.07. The number of carbonyl (C=O) groups is 1. The molecule has 68 valence electrons. The smallest absolute Gasteiger partial charge is 0.226 e. The lowest BCUT2D eigenvalue weighted by atomic mass is 10.0. The van der Waals surface area contributed by atoms with Gasteiger partial charge in [-0.25, -0.2) is 0 Å². The Morgan fingerprint density at radius 3 is 2.50 bits per heavy atom. The third-order valence-corrected chi connectivity index (χ3v) is 3.09. The van der Waals surface area contributed by atoms with Crippen molar-refractivity contribution in [2.75, 3.05) is 6.54 Å². The van der Waals surface area contributed by atoms with E-state index < -0.39 is 0 Å². The summed E-state index contributed by atoms with van der Waals surface area (Å²) in [6, 6.07) is 0. The molecule has 12 heavy (non-hydrogen) atoms. The first-order valence-corrected chi connectivity index (χ1v) is 4.93. The Morgan fingerprint density at radius 1 is 1.42 bits per heavy atom. The van der Waals surface area contributed by atoms with Gasteiger partial charge >= 0.3 is 0 Å². The highest BCUT2D eigenvalue weighted by atomic mass is 16.2. The Labute approximate surface area is 73.9 Å². The second-order valence-electron chi connectivity index (χ2n) is 4.68. The lowest BCUT2D eigenvalue weighted by Gasteiger charge is -2.31. The van der Waals surface area contributed by atoms with Gasteiger partial charge in [-0.05, 0) is 39.5 Å². The van der Waals surface area contributed by atoms with Crippen LogP contribution in [0.5, 0.6) is 0 Å². The highest BCUT2D eigenvalue weighted by Gasteiger charge is 2.41. The van der Waals surface area contributed by atoms with Crippen molar-refractivity contribution < 1.29 is 4.79 Å². The minimum absolute atomic E-state index is 0.139. The van der Waals surface area contributed by atoms with Gasteiger partial charge in [0.1, 0.15) is 0 Å². The molecule has 2 heteroatoms. The fraction of sp³-hybridized carbons (Fsp3) is 0.900. The van der Waals surface area contributed by atoms with Gasteiger partial charge in [0.15, 0.2) is 0 Å². The molecule has 0 unspecified atom stereocenters. The predicted molar refractivity (Wildman–Crippen MR) is 47.8 cm³/mol. The van der Waals surface area contributed by atoms with Crippen molar-refractivity contribution in [1.29, 1.82) is 0 Å². The van der Waals surface area contributed by atoms with Crippen molar-refractivity contribution in [3.05, 3.63) is 0 Å². The number of likely N-dealkylation sites (tertiary alicyclic amines) is 1. The van der Waals surface area contributed by atoms with Crippen molar-refractivity contribution in [3.8, 4) is 0 Å². The van der Waals surface area contributed by atoms with Gasteiger partial charge in [-0.15, -0.1) is 0 Å². The van der Waals surface area contributed by atoms with Gasteiger partial charge in [-0.2, -0.15) is 0 Å². The van der Waals surface area contributed by atoms with Crippen LogP contribution in [0.3, 0.4) is 0 Å². The number of hydrogen-bond donors (Lipinski definition) is 0. The average Bonchev–Trinajstić information content (AvgIpc) is 2.75. The van der Waals surface area contributed by atoms with Crippen molar-refractivity contribution in [2.24, 2.45) is 5.92 Å². The molecule has 0 spiro atoms. The topological polar surface area (TPSA) is 20.3 Å². The van der Waals surface area contributed by atoms with E-state index in [9.17, 15) is 4.79 Å². The zero-order valence-corrected chi connectivity index (χ0v) is 7.97. The van der Waals surface area contributed by atoms with Crippen LogP contribution >= 0.6 is 0 Å². The summed E-state index contributed by atoms with van der Waals surface area (Å²) in [6.45, 7) is 5.35. The molecule has 0 radical (unpaired) electrons. The minimum atomic E-state index is 0.139. The molecule has 1 amide bonds. The Morgan fingerprint density at radius 2 is 2.08 bits per heavy atom. The van der Waals surface area contributed by atoms with E-state index in [4.69, 9.17) is 0 Å². The highest BCUT2D eigenvalue weighted by Crippen LogP contribution is 2.36. The largest absolute Gasteiger partial charge is 0.337 e. The van der Waals surface area contributed by atoms with Gasteiger partial charge in [0.25, 0.3) is 0 Å². The third kappa shape index (κ3) is 1.23.